The number of hydrazone groups is 1. The number of nitro groups is 1. The Morgan fingerprint density at radius 2 is 1.68 bits per heavy atom. The molecule has 34 heavy (non-hydrogen) atoms. The molecule has 0 fully saturated rings. The summed E-state index contributed by atoms with van der Waals surface area (Å²) in [6, 6.07) is 17.5. The second kappa shape index (κ2) is 10.6. The molecule has 0 aliphatic heterocycles. The van der Waals surface area contributed by atoms with E-state index in [1.54, 1.807) is 25.1 Å². The third-order valence-corrected chi connectivity index (χ3v) is 7.18. The van der Waals surface area contributed by atoms with E-state index in [4.69, 9.17) is 23.2 Å². The predicted molar refractivity (Wildman–Crippen MR) is 131 cm³/mol. The highest BCUT2D eigenvalue weighted by molar-refractivity contribution is 7.92. The molecule has 0 radical (unpaired) electrons. The van der Waals surface area contributed by atoms with Crippen LogP contribution in [0.3, 0.4) is 0 Å². The number of nitrogens with one attached hydrogen (secondary N) is 1. The number of hydrogen-bond acceptors (Lipinski definition) is 6. The van der Waals surface area contributed by atoms with Crippen molar-refractivity contribution in [1.82, 2.24) is 5.43 Å². The first-order valence-corrected chi connectivity index (χ1v) is 11.9. The normalized spacial score (nSPS) is 11.7. The monoisotopic (exact) mass is 520 g/mol. The average Bonchev–Trinajstić information content (AvgIpc) is 2.83. The molecule has 3 aromatic rings. The van der Waals surface area contributed by atoms with Gasteiger partial charge in [-0.2, -0.15) is 5.10 Å². The van der Waals surface area contributed by atoms with Gasteiger partial charge >= 0.3 is 0 Å². The van der Waals surface area contributed by atoms with Crippen LogP contribution in [-0.4, -0.2) is 31.5 Å². The van der Waals surface area contributed by atoms with Crippen LogP contribution in [0.2, 0.25) is 10.0 Å². The second-order valence-electron chi connectivity index (χ2n) is 6.96. The lowest BCUT2D eigenvalue weighted by Crippen LogP contribution is -2.39. The number of carbonyl (C=O) groups is 1. The van der Waals surface area contributed by atoms with Gasteiger partial charge in [0.2, 0.25) is 0 Å². The number of carbonyl (C=O) groups excluding carboxylic acids is 1. The SMILES string of the molecule is C/C(=N\NC(=O)CN(c1ccc(Cl)c(Cl)c1)S(=O)(=O)c1ccccc1)c1ccc([N+](=O)[O-])cc1. The molecule has 12 heteroatoms. The van der Waals surface area contributed by atoms with Crippen LogP contribution < -0.4 is 9.73 Å². The quantitative estimate of drug-likeness (QED) is 0.263. The van der Waals surface area contributed by atoms with Gasteiger partial charge in [-0.05, 0) is 55.0 Å². The minimum Gasteiger partial charge on any atom is -0.271 e. The highest BCUT2D eigenvalue weighted by Crippen LogP contribution is 2.30. The molecule has 0 saturated heterocycles. The Morgan fingerprint density at radius 1 is 1.03 bits per heavy atom. The zero-order chi connectivity index (χ0) is 24.9. The van der Waals surface area contributed by atoms with Crippen molar-refractivity contribution in [3.8, 4) is 0 Å². The molecular formula is C22H18Cl2N4O5S. The highest BCUT2D eigenvalue weighted by Gasteiger charge is 2.27. The summed E-state index contributed by atoms with van der Waals surface area (Å²) < 4.78 is 27.5. The molecule has 176 valence electrons. The lowest BCUT2D eigenvalue weighted by molar-refractivity contribution is -0.384. The lowest BCUT2D eigenvalue weighted by Gasteiger charge is -2.24. The van der Waals surface area contributed by atoms with Gasteiger partial charge in [-0.25, -0.2) is 13.8 Å². The van der Waals surface area contributed by atoms with E-state index in [1.807, 2.05) is 0 Å². The van der Waals surface area contributed by atoms with Gasteiger partial charge in [-0.3, -0.25) is 19.2 Å². The first-order chi connectivity index (χ1) is 16.1. The molecule has 9 nitrogen and oxygen atoms in total. The second-order valence-corrected chi connectivity index (χ2v) is 9.64. The molecule has 0 unspecified atom stereocenters. The van der Waals surface area contributed by atoms with Crippen molar-refractivity contribution in [1.29, 1.82) is 0 Å². The molecule has 1 amide bonds. The largest absolute Gasteiger partial charge is 0.271 e. The Labute approximate surface area is 205 Å². The van der Waals surface area contributed by atoms with Crippen LogP contribution >= 0.6 is 23.2 Å². The number of amides is 1. The summed E-state index contributed by atoms with van der Waals surface area (Å²) in [4.78, 5) is 22.9. The summed E-state index contributed by atoms with van der Waals surface area (Å²) in [5.41, 5.74) is 3.30. The summed E-state index contributed by atoms with van der Waals surface area (Å²) in [5, 5.41) is 15.1. The van der Waals surface area contributed by atoms with Gasteiger partial charge in [-0.15, -0.1) is 0 Å². The van der Waals surface area contributed by atoms with Gasteiger partial charge in [0, 0.05) is 12.1 Å². The topological polar surface area (TPSA) is 122 Å². The predicted octanol–water partition coefficient (Wildman–Crippen LogP) is 4.64. The van der Waals surface area contributed by atoms with Crippen LogP contribution in [0.1, 0.15) is 12.5 Å². The van der Waals surface area contributed by atoms with E-state index in [1.165, 1.54) is 54.6 Å². The molecule has 0 bridgehead atoms. The zero-order valence-electron chi connectivity index (χ0n) is 17.7. The fraction of sp³-hybridized carbons (Fsp3) is 0.0909. The molecule has 0 atom stereocenters. The van der Waals surface area contributed by atoms with E-state index < -0.39 is 27.4 Å². The maximum absolute atomic E-state index is 13.3. The van der Waals surface area contributed by atoms with Gasteiger partial charge in [0.1, 0.15) is 6.54 Å². The lowest BCUT2D eigenvalue weighted by atomic mass is 10.1. The molecule has 0 aliphatic carbocycles. The first kappa shape index (κ1) is 25.2. The number of nitro benzene ring substituents is 1. The van der Waals surface area contributed by atoms with Crippen molar-refractivity contribution in [2.24, 2.45) is 5.10 Å². The minimum atomic E-state index is -4.12. The van der Waals surface area contributed by atoms with Gasteiger partial charge in [0.15, 0.2) is 0 Å². The van der Waals surface area contributed by atoms with E-state index in [2.05, 4.69) is 10.5 Å². The van der Waals surface area contributed by atoms with E-state index >= 15 is 0 Å². The number of halogens is 2. The van der Waals surface area contributed by atoms with Crippen molar-refractivity contribution < 1.29 is 18.1 Å². The van der Waals surface area contributed by atoms with E-state index in [-0.39, 0.29) is 26.3 Å². The van der Waals surface area contributed by atoms with Crippen LogP contribution in [-0.2, 0) is 14.8 Å². The van der Waals surface area contributed by atoms with Crippen LogP contribution in [0, 0.1) is 10.1 Å². The number of hydrogen-bond donors (Lipinski definition) is 1. The molecule has 0 saturated carbocycles. The molecule has 3 rings (SSSR count). The highest BCUT2D eigenvalue weighted by atomic mass is 35.5. The minimum absolute atomic E-state index is 0.0144. The van der Waals surface area contributed by atoms with Crippen molar-refractivity contribution in [2.45, 2.75) is 11.8 Å². The number of benzene rings is 3. The van der Waals surface area contributed by atoms with Gasteiger partial charge in [0.25, 0.3) is 21.6 Å². The number of anilines is 1. The van der Waals surface area contributed by atoms with Crippen molar-refractivity contribution in [3.63, 3.8) is 0 Å². The third kappa shape index (κ3) is 5.90. The Hall–Kier alpha value is -3.47. The van der Waals surface area contributed by atoms with Crippen molar-refractivity contribution in [3.05, 3.63) is 98.5 Å². The fourth-order valence-corrected chi connectivity index (χ4v) is 4.60. The molecule has 0 spiro atoms. The zero-order valence-corrected chi connectivity index (χ0v) is 20.0. The molecule has 0 aliphatic rings. The Kier molecular flexibility index (Phi) is 7.87. The van der Waals surface area contributed by atoms with Crippen molar-refractivity contribution >= 4 is 56.2 Å². The van der Waals surface area contributed by atoms with Crippen LogP contribution in [0.25, 0.3) is 0 Å². The van der Waals surface area contributed by atoms with E-state index in [9.17, 15) is 23.3 Å². The number of rotatable bonds is 8. The van der Waals surface area contributed by atoms with Gasteiger partial charge in [0.05, 0.1) is 31.3 Å². The Morgan fingerprint density at radius 3 is 2.26 bits per heavy atom. The molecule has 3 aromatic carbocycles. The van der Waals surface area contributed by atoms with Gasteiger partial charge in [-0.1, -0.05) is 41.4 Å². The average molecular weight is 521 g/mol. The summed E-state index contributed by atoms with van der Waals surface area (Å²) >= 11 is 12.0. The van der Waals surface area contributed by atoms with Gasteiger partial charge < -0.3 is 0 Å². The molecule has 1 N–H and O–H groups in total. The standard InChI is InChI=1S/C22H18Cl2N4O5S/c1-15(16-7-9-17(10-8-16)28(30)31)25-26-22(29)14-27(18-11-12-20(23)21(24)13-18)34(32,33)19-5-3-2-4-6-19/h2-13H,14H2,1H3,(H,26,29)/b25-15+. The van der Waals surface area contributed by atoms with Crippen LogP contribution in [0.5, 0.6) is 0 Å². The maximum Gasteiger partial charge on any atom is 0.269 e. The first-order valence-electron chi connectivity index (χ1n) is 9.70. The summed E-state index contributed by atoms with van der Waals surface area (Å²) in [6.45, 7) is 1.01. The fourth-order valence-electron chi connectivity index (χ4n) is 2.88. The van der Waals surface area contributed by atoms with Crippen LogP contribution in [0.15, 0.2) is 82.8 Å². The molecular weight excluding hydrogens is 503 g/mol. The van der Waals surface area contributed by atoms with E-state index in [0.717, 1.165) is 4.31 Å². The van der Waals surface area contributed by atoms with E-state index in [0.29, 0.717) is 11.3 Å². The Balaban J connectivity index is 1.85. The Bertz CT molecular complexity index is 1350. The maximum atomic E-state index is 13.3. The van der Waals surface area contributed by atoms with Crippen molar-refractivity contribution in [2.75, 3.05) is 10.8 Å². The summed E-state index contributed by atoms with van der Waals surface area (Å²) in [5.74, 6) is -0.716. The third-order valence-electron chi connectivity index (χ3n) is 4.65. The van der Waals surface area contributed by atoms with Crippen LogP contribution in [0.4, 0.5) is 11.4 Å². The smallest absolute Gasteiger partial charge is 0.269 e. The number of non-ortho nitro benzene ring substituents is 1. The number of nitrogens with zero attached hydrogens (tertiary/aromatic N) is 3. The number of sulfonamides is 1. The summed E-state index contributed by atoms with van der Waals surface area (Å²) in [6.07, 6.45) is 0. The molecule has 0 aromatic heterocycles. The molecule has 0 heterocycles. The summed E-state index contributed by atoms with van der Waals surface area (Å²) in [7, 11) is -4.12.